The maximum atomic E-state index is 5.99. The van der Waals surface area contributed by atoms with Gasteiger partial charge in [-0.25, -0.2) is 4.98 Å². The highest BCUT2D eigenvalue weighted by Crippen LogP contribution is 2.35. The molecule has 110 valence electrons. The second-order valence-electron chi connectivity index (χ2n) is 5.46. The summed E-state index contributed by atoms with van der Waals surface area (Å²) in [7, 11) is 0. The monoisotopic (exact) mass is 282 g/mol. The molecular weight excluding hydrogens is 260 g/mol. The zero-order valence-corrected chi connectivity index (χ0v) is 12.5. The van der Waals surface area contributed by atoms with Crippen LogP contribution in [0.1, 0.15) is 36.9 Å². The SMILES string of the molecule is CCN1CCCC1c1cccnc1OCc1ccccc1. The Morgan fingerprint density at radius 2 is 2.05 bits per heavy atom. The Hall–Kier alpha value is -1.87. The molecule has 0 spiro atoms. The van der Waals surface area contributed by atoms with E-state index in [1.807, 2.05) is 30.5 Å². The van der Waals surface area contributed by atoms with E-state index < -0.39 is 0 Å². The van der Waals surface area contributed by atoms with Gasteiger partial charge in [0.25, 0.3) is 0 Å². The molecule has 0 saturated carbocycles. The van der Waals surface area contributed by atoms with E-state index in [2.05, 4.69) is 35.0 Å². The highest BCUT2D eigenvalue weighted by atomic mass is 16.5. The highest BCUT2D eigenvalue weighted by molar-refractivity contribution is 5.30. The van der Waals surface area contributed by atoms with Gasteiger partial charge in [0.05, 0.1) is 0 Å². The predicted molar refractivity (Wildman–Crippen MR) is 84.2 cm³/mol. The fourth-order valence-electron chi connectivity index (χ4n) is 3.06. The molecule has 0 aliphatic carbocycles. The van der Waals surface area contributed by atoms with E-state index in [9.17, 15) is 0 Å². The molecular formula is C18H22N2O. The summed E-state index contributed by atoms with van der Waals surface area (Å²) in [6, 6.07) is 14.9. The quantitative estimate of drug-likeness (QED) is 0.833. The van der Waals surface area contributed by atoms with Crippen LogP contribution in [0.25, 0.3) is 0 Å². The van der Waals surface area contributed by atoms with Crippen molar-refractivity contribution in [3.05, 3.63) is 59.8 Å². The molecule has 1 atom stereocenters. The van der Waals surface area contributed by atoms with E-state index in [1.54, 1.807) is 0 Å². The van der Waals surface area contributed by atoms with Crippen LogP contribution in [-0.2, 0) is 6.61 Å². The minimum absolute atomic E-state index is 0.453. The second-order valence-corrected chi connectivity index (χ2v) is 5.46. The average molecular weight is 282 g/mol. The predicted octanol–water partition coefficient (Wildman–Crippen LogP) is 3.82. The van der Waals surface area contributed by atoms with E-state index in [1.165, 1.54) is 30.5 Å². The summed E-state index contributed by atoms with van der Waals surface area (Å²) in [5.74, 6) is 0.784. The van der Waals surface area contributed by atoms with Crippen LogP contribution in [0.3, 0.4) is 0 Å². The van der Waals surface area contributed by atoms with Crippen molar-refractivity contribution >= 4 is 0 Å². The van der Waals surface area contributed by atoms with Crippen molar-refractivity contribution in [3.63, 3.8) is 0 Å². The van der Waals surface area contributed by atoms with Crippen LogP contribution in [-0.4, -0.2) is 23.0 Å². The lowest BCUT2D eigenvalue weighted by atomic mass is 10.1. The number of benzene rings is 1. The topological polar surface area (TPSA) is 25.4 Å². The summed E-state index contributed by atoms with van der Waals surface area (Å²) < 4.78 is 5.99. The van der Waals surface area contributed by atoms with Gasteiger partial charge in [0, 0.05) is 17.8 Å². The largest absolute Gasteiger partial charge is 0.473 e. The third kappa shape index (κ3) is 3.24. The zero-order valence-electron chi connectivity index (χ0n) is 12.5. The van der Waals surface area contributed by atoms with Crippen molar-refractivity contribution < 1.29 is 4.74 Å². The van der Waals surface area contributed by atoms with Gasteiger partial charge >= 0.3 is 0 Å². The molecule has 1 saturated heterocycles. The molecule has 3 heteroatoms. The molecule has 0 amide bonds. The van der Waals surface area contributed by atoms with E-state index in [0.29, 0.717) is 12.6 Å². The Balaban J connectivity index is 1.76. The van der Waals surface area contributed by atoms with Gasteiger partial charge in [-0.05, 0) is 37.6 Å². The molecule has 0 N–H and O–H groups in total. The second kappa shape index (κ2) is 6.72. The molecule has 0 radical (unpaired) electrons. The number of aromatic nitrogens is 1. The van der Waals surface area contributed by atoms with Gasteiger partial charge in [-0.1, -0.05) is 43.3 Å². The maximum Gasteiger partial charge on any atom is 0.218 e. The van der Waals surface area contributed by atoms with Crippen molar-refractivity contribution in [3.8, 4) is 5.88 Å². The Kier molecular flexibility index (Phi) is 4.51. The molecule has 3 rings (SSSR count). The van der Waals surface area contributed by atoms with Gasteiger partial charge in [0.1, 0.15) is 6.61 Å². The van der Waals surface area contributed by atoms with Crippen LogP contribution < -0.4 is 4.74 Å². The number of hydrogen-bond donors (Lipinski definition) is 0. The van der Waals surface area contributed by atoms with E-state index in [0.717, 1.165) is 12.4 Å². The molecule has 2 heterocycles. The summed E-state index contributed by atoms with van der Waals surface area (Å²) in [4.78, 5) is 6.96. The molecule has 1 aliphatic heterocycles. The van der Waals surface area contributed by atoms with E-state index in [-0.39, 0.29) is 0 Å². The zero-order chi connectivity index (χ0) is 14.5. The van der Waals surface area contributed by atoms with Gasteiger partial charge in [0.2, 0.25) is 5.88 Å². The minimum Gasteiger partial charge on any atom is -0.473 e. The molecule has 0 bridgehead atoms. The van der Waals surface area contributed by atoms with Gasteiger partial charge in [-0.15, -0.1) is 0 Å². The van der Waals surface area contributed by atoms with E-state index >= 15 is 0 Å². The lowest BCUT2D eigenvalue weighted by Gasteiger charge is -2.24. The van der Waals surface area contributed by atoms with Gasteiger partial charge in [0.15, 0.2) is 0 Å². The molecule has 1 aromatic carbocycles. The molecule has 3 nitrogen and oxygen atoms in total. The number of pyridine rings is 1. The number of nitrogens with zero attached hydrogens (tertiary/aromatic N) is 2. The first-order valence-corrected chi connectivity index (χ1v) is 7.74. The molecule has 1 unspecified atom stereocenters. The number of rotatable bonds is 5. The fourth-order valence-corrected chi connectivity index (χ4v) is 3.06. The third-order valence-corrected chi connectivity index (χ3v) is 4.15. The Morgan fingerprint density at radius 3 is 2.86 bits per heavy atom. The summed E-state index contributed by atoms with van der Waals surface area (Å²) in [5, 5.41) is 0. The number of hydrogen-bond acceptors (Lipinski definition) is 3. The summed E-state index contributed by atoms with van der Waals surface area (Å²) in [5.41, 5.74) is 2.40. The molecule has 2 aromatic rings. The van der Waals surface area contributed by atoms with Crippen molar-refractivity contribution in [1.82, 2.24) is 9.88 Å². The van der Waals surface area contributed by atoms with Crippen molar-refractivity contribution in [1.29, 1.82) is 0 Å². The van der Waals surface area contributed by atoms with Crippen LogP contribution >= 0.6 is 0 Å². The number of likely N-dealkylation sites (tertiary alicyclic amines) is 1. The van der Waals surface area contributed by atoms with Crippen LogP contribution in [0.2, 0.25) is 0 Å². The first-order valence-electron chi connectivity index (χ1n) is 7.74. The van der Waals surface area contributed by atoms with Gasteiger partial charge in [-0.2, -0.15) is 0 Å². The fraction of sp³-hybridized carbons (Fsp3) is 0.389. The normalized spacial score (nSPS) is 18.8. The van der Waals surface area contributed by atoms with Crippen LogP contribution in [0.4, 0.5) is 0 Å². The molecule has 1 aromatic heterocycles. The Bertz CT molecular complexity index is 570. The Morgan fingerprint density at radius 1 is 1.19 bits per heavy atom. The first-order chi connectivity index (χ1) is 10.4. The number of ether oxygens (including phenoxy) is 1. The Labute approximate surface area is 126 Å². The standard InChI is InChI=1S/C18H22N2O/c1-2-20-13-7-11-17(20)16-10-6-12-19-18(16)21-14-15-8-4-3-5-9-15/h3-6,8-10,12,17H,2,7,11,13-14H2,1H3. The first kappa shape index (κ1) is 14.1. The third-order valence-electron chi connectivity index (χ3n) is 4.15. The van der Waals surface area contributed by atoms with Crippen LogP contribution in [0.5, 0.6) is 5.88 Å². The lowest BCUT2D eigenvalue weighted by molar-refractivity contribution is 0.247. The van der Waals surface area contributed by atoms with Gasteiger partial charge in [-0.3, -0.25) is 4.90 Å². The maximum absolute atomic E-state index is 5.99. The summed E-state index contributed by atoms with van der Waals surface area (Å²) in [6.45, 7) is 5.05. The summed E-state index contributed by atoms with van der Waals surface area (Å²) >= 11 is 0. The average Bonchev–Trinajstić information content (AvgIpc) is 3.02. The highest BCUT2D eigenvalue weighted by Gasteiger charge is 2.27. The van der Waals surface area contributed by atoms with Crippen LogP contribution in [0, 0.1) is 0 Å². The van der Waals surface area contributed by atoms with E-state index in [4.69, 9.17) is 4.74 Å². The molecule has 21 heavy (non-hydrogen) atoms. The van der Waals surface area contributed by atoms with Crippen molar-refractivity contribution in [2.75, 3.05) is 13.1 Å². The smallest absolute Gasteiger partial charge is 0.218 e. The summed E-state index contributed by atoms with van der Waals surface area (Å²) in [6.07, 6.45) is 4.27. The molecule has 1 aliphatic rings. The van der Waals surface area contributed by atoms with Crippen molar-refractivity contribution in [2.24, 2.45) is 0 Å². The molecule has 1 fully saturated rings. The minimum atomic E-state index is 0.453. The lowest BCUT2D eigenvalue weighted by Crippen LogP contribution is -2.23. The van der Waals surface area contributed by atoms with Crippen molar-refractivity contribution in [2.45, 2.75) is 32.4 Å². The van der Waals surface area contributed by atoms with Gasteiger partial charge < -0.3 is 4.74 Å². The van der Waals surface area contributed by atoms with Crippen LogP contribution in [0.15, 0.2) is 48.7 Å².